The maximum absolute atomic E-state index is 13.1. The lowest BCUT2D eigenvalue weighted by Crippen LogP contribution is -2.41. The Morgan fingerprint density at radius 2 is 2.13 bits per heavy atom. The summed E-state index contributed by atoms with van der Waals surface area (Å²) in [6.45, 7) is 3.10. The van der Waals surface area contributed by atoms with E-state index < -0.39 is 10.0 Å². The van der Waals surface area contributed by atoms with Gasteiger partial charge in [-0.25, -0.2) is 8.42 Å². The molecule has 0 saturated carbocycles. The van der Waals surface area contributed by atoms with Gasteiger partial charge in [0.15, 0.2) is 6.19 Å². The van der Waals surface area contributed by atoms with Gasteiger partial charge in [0.1, 0.15) is 16.4 Å². The maximum Gasteiger partial charge on any atom is 0.247 e. The van der Waals surface area contributed by atoms with Crippen LogP contribution in [0.2, 0.25) is 0 Å². The highest BCUT2D eigenvalue weighted by Crippen LogP contribution is 2.32. The molecule has 1 aliphatic heterocycles. The van der Waals surface area contributed by atoms with Crippen molar-refractivity contribution < 1.29 is 17.9 Å². The summed E-state index contributed by atoms with van der Waals surface area (Å²) in [4.78, 5) is 1.66. The van der Waals surface area contributed by atoms with Crippen LogP contribution in [0.25, 0.3) is 0 Å². The van der Waals surface area contributed by atoms with Crippen molar-refractivity contribution in [3.05, 3.63) is 18.2 Å². The van der Waals surface area contributed by atoms with Crippen LogP contribution in [0.3, 0.4) is 0 Å². The highest BCUT2D eigenvalue weighted by molar-refractivity contribution is 7.89. The molecule has 7 nitrogen and oxygen atoms in total. The largest absolute Gasteiger partial charge is 0.497 e. The van der Waals surface area contributed by atoms with Crippen LogP contribution < -0.4 is 9.47 Å². The van der Waals surface area contributed by atoms with Crippen molar-refractivity contribution in [3.8, 4) is 17.7 Å². The first-order valence-electron chi connectivity index (χ1n) is 7.36. The number of hydrogen-bond acceptors (Lipinski definition) is 6. The molecule has 1 aromatic rings. The molecule has 0 bridgehead atoms. The van der Waals surface area contributed by atoms with Gasteiger partial charge in [0.2, 0.25) is 10.0 Å². The molecule has 1 heterocycles. The van der Waals surface area contributed by atoms with E-state index in [0.29, 0.717) is 31.8 Å². The summed E-state index contributed by atoms with van der Waals surface area (Å²) in [6.07, 6.45) is 2.70. The molecule has 0 aromatic heterocycles. The third kappa shape index (κ3) is 3.35. The average Bonchev–Trinajstić information content (AvgIpc) is 3.03. The van der Waals surface area contributed by atoms with E-state index in [1.165, 1.54) is 24.6 Å². The fourth-order valence-corrected chi connectivity index (χ4v) is 4.63. The Morgan fingerprint density at radius 1 is 1.39 bits per heavy atom. The van der Waals surface area contributed by atoms with Gasteiger partial charge in [0.05, 0.1) is 14.2 Å². The predicted octanol–water partition coefficient (Wildman–Crippen LogP) is 1.27. The third-order valence-electron chi connectivity index (χ3n) is 3.98. The van der Waals surface area contributed by atoms with Gasteiger partial charge in [-0.2, -0.15) is 9.57 Å². The topological polar surface area (TPSA) is 82.9 Å². The van der Waals surface area contributed by atoms with Gasteiger partial charge in [-0.1, -0.05) is 6.92 Å². The fraction of sp³-hybridized carbons (Fsp3) is 0.533. The minimum atomic E-state index is -3.75. The first-order valence-corrected chi connectivity index (χ1v) is 8.80. The Kier molecular flexibility index (Phi) is 5.34. The molecule has 1 saturated heterocycles. The molecule has 23 heavy (non-hydrogen) atoms. The SMILES string of the molecule is CCN([C@@H]1CCN(C#N)C1)S(=O)(=O)c1cc(OC)ccc1OC. The van der Waals surface area contributed by atoms with Crippen LogP contribution in [-0.4, -0.2) is 57.5 Å². The highest BCUT2D eigenvalue weighted by atomic mass is 32.2. The fourth-order valence-electron chi connectivity index (χ4n) is 2.80. The molecule has 1 fully saturated rings. The first-order chi connectivity index (χ1) is 11.0. The summed E-state index contributed by atoms with van der Waals surface area (Å²) >= 11 is 0. The van der Waals surface area contributed by atoms with E-state index in [-0.39, 0.29) is 16.7 Å². The minimum Gasteiger partial charge on any atom is -0.497 e. The summed E-state index contributed by atoms with van der Waals surface area (Å²) in [7, 11) is -0.831. The van der Waals surface area contributed by atoms with Crippen molar-refractivity contribution in [2.24, 2.45) is 0 Å². The van der Waals surface area contributed by atoms with Gasteiger partial charge in [0, 0.05) is 31.7 Å². The molecule has 0 amide bonds. The highest BCUT2D eigenvalue weighted by Gasteiger charge is 2.36. The van der Waals surface area contributed by atoms with E-state index in [2.05, 4.69) is 6.19 Å². The van der Waals surface area contributed by atoms with Gasteiger partial charge in [-0.15, -0.1) is 0 Å². The number of nitrogens with zero attached hydrogens (tertiary/aromatic N) is 3. The van der Waals surface area contributed by atoms with Crippen molar-refractivity contribution in [2.45, 2.75) is 24.3 Å². The van der Waals surface area contributed by atoms with Gasteiger partial charge < -0.3 is 14.4 Å². The predicted molar refractivity (Wildman–Crippen MR) is 84.7 cm³/mol. The number of ether oxygens (including phenoxy) is 2. The molecule has 126 valence electrons. The first kappa shape index (κ1) is 17.4. The number of methoxy groups -OCH3 is 2. The summed E-state index contributed by atoms with van der Waals surface area (Å²) in [5.74, 6) is 0.727. The summed E-state index contributed by atoms with van der Waals surface area (Å²) in [6, 6.07) is 4.48. The molecule has 0 radical (unpaired) electrons. The molecule has 0 unspecified atom stereocenters. The number of likely N-dealkylation sites (N-methyl/N-ethyl adjacent to an activating group) is 1. The molecule has 0 spiro atoms. The monoisotopic (exact) mass is 339 g/mol. The number of nitriles is 1. The van der Waals surface area contributed by atoms with E-state index in [9.17, 15) is 8.42 Å². The summed E-state index contributed by atoms with van der Waals surface area (Å²) in [5.41, 5.74) is 0. The second-order valence-corrected chi connectivity index (χ2v) is 7.07. The van der Waals surface area contributed by atoms with E-state index in [0.717, 1.165) is 0 Å². The quantitative estimate of drug-likeness (QED) is 0.726. The van der Waals surface area contributed by atoms with E-state index in [4.69, 9.17) is 14.7 Å². The van der Waals surface area contributed by atoms with Crippen LogP contribution in [0.5, 0.6) is 11.5 Å². The normalized spacial score (nSPS) is 18.0. The molecule has 1 aliphatic rings. The molecule has 1 atom stereocenters. The Balaban J connectivity index is 2.41. The van der Waals surface area contributed by atoms with Crippen LogP contribution in [-0.2, 0) is 10.0 Å². The molecule has 0 N–H and O–H groups in total. The molecular weight excluding hydrogens is 318 g/mol. The average molecular weight is 339 g/mol. The van der Waals surface area contributed by atoms with Crippen molar-refractivity contribution in [1.29, 1.82) is 5.26 Å². The number of benzene rings is 1. The van der Waals surface area contributed by atoms with Crippen LogP contribution in [0.15, 0.2) is 23.1 Å². The Morgan fingerprint density at radius 3 is 2.65 bits per heavy atom. The zero-order chi connectivity index (χ0) is 17.0. The van der Waals surface area contributed by atoms with E-state index in [1.807, 2.05) is 0 Å². The number of rotatable bonds is 6. The standard InChI is InChI=1S/C15H21N3O4S/c1-4-18(12-7-8-17(10-12)11-16)23(19,20)15-9-13(21-2)5-6-14(15)22-3/h5-6,9,12H,4,7-8,10H2,1-3H3/t12-/m1/s1. The minimum absolute atomic E-state index is 0.0802. The maximum atomic E-state index is 13.1. The van der Waals surface area contributed by atoms with Gasteiger partial charge in [0.25, 0.3) is 0 Å². The second kappa shape index (κ2) is 7.06. The lowest BCUT2D eigenvalue weighted by Gasteiger charge is -2.27. The molecule has 1 aromatic carbocycles. The second-order valence-electron chi connectivity index (χ2n) is 5.21. The van der Waals surface area contributed by atoms with Gasteiger partial charge in [-0.3, -0.25) is 0 Å². The molecular formula is C15H21N3O4S. The lowest BCUT2D eigenvalue weighted by atomic mass is 10.3. The smallest absolute Gasteiger partial charge is 0.247 e. The van der Waals surface area contributed by atoms with Crippen molar-refractivity contribution in [3.63, 3.8) is 0 Å². The van der Waals surface area contributed by atoms with Crippen LogP contribution in [0.4, 0.5) is 0 Å². The summed E-state index contributed by atoms with van der Waals surface area (Å²) < 4.78 is 37.9. The van der Waals surface area contributed by atoms with Crippen LogP contribution in [0, 0.1) is 11.5 Å². The number of sulfonamides is 1. The Bertz CT molecular complexity index is 699. The third-order valence-corrected chi connectivity index (χ3v) is 6.03. The van der Waals surface area contributed by atoms with E-state index >= 15 is 0 Å². The zero-order valence-corrected chi connectivity index (χ0v) is 14.3. The molecule has 8 heteroatoms. The number of hydrogen-bond donors (Lipinski definition) is 0. The summed E-state index contributed by atoms with van der Waals surface area (Å²) in [5, 5.41) is 8.98. The van der Waals surface area contributed by atoms with Gasteiger partial charge >= 0.3 is 0 Å². The molecule has 2 rings (SSSR count). The van der Waals surface area contributed by atoms with Crippen LogP contribution in [0.1, 0.15) is 13.3 Å². The zero-order valence-electron chi connectivity index (χ0n) is 13.5. The van der Waals surface area contributed by atoms with Gasteiger partial charge in [-0.05, 0) is 18.6 Å². The Labute approximate surface area is 137 Å². The molecule has 0 aliphatic carbocycles. The van der Waals surface area contributed by atoms with Crippen molar-refractivity contribution in [1.82, 2.24) is 9.21 Å². The van der Waals surface area contributed by atoms with Crippen molar-refractivity contribution in [2.75, 3.05) is 33.9 Å². The van der Waals surface area contributed by atoms with Crippen molar-refractivity contribution >= 4 is 10.0 Å². The number of likely N-dealkylation sites (tertiary alicyclic amines) is 1. The lowest BCUT2D eigenvalue weighted by molar-refractivity contribution is 0.328. The van der Waals surface area contributed by atoms with E-state index in [1.54, 1.807) is 24.0 Å². The Hall–Kier alpha value is -1.98. The van der Waals surface area contributed by atoms with Crippen LogP contribution >= 0.6 is 0 Å².